The Balaban J connectivity index is 2.20. The van der Waals surface area contributed by atoms with E-state index in [9.17, 15) is 4.79 Å². The molecule has 0 bridgehead atoms. The number of hydrogen-bond acceptors (Lipinski definition) is 3. The number of fused-ring (bicyclic) bond motifs is 1. The Morgan fingerprint density at radius 2 is 2.12 bits per heavy atom. The van der Waals surface area contributed by atoms with Crippen LogP contribution in [0.5, 0.6) is 0 Å². The number of rotatable bonds is 1. The summed E-state index contributed by atoms with van der Waals surface area (Å²) in [5, 5.41) is 4.13. The molecule has 84 valence electrons. The van der Waals surface area contributed by atoms with Crippen molar-refractivity contribution in [3.63, 3.8) is 0 Å². The summed E-state index contributed by atoms with van der Waals surface area (Å²) in [6, 6.07) is 5.73. The molecule has 1 aromatic carbocycles. The molecule has 3 aromatic rings. The molecule has 2 heterocycles. The van der Waals surface area contributed by atoms with Gasteiger partial charge in [-0.15, -0.1) is 0 Å². The van der Waals surface area contributed by atoms with Crippen LogP contribution in [0.4, 0.5) is 0 Å². The van der Waals surface area contributed by atoms with E-state index in [4.69, 9.17) is 0 Å². The summed E-state index contributed by atoms with van der Waals surface area (Å²) in [4.78, 5) is 17.9. The van der Waals surface area contributed by atoms with E-state index >= 15 is 0 Å². The van der Waals surface area contributed by atoms with E-state index in [2.05, 4.69) is 15.1 Å². The molecule has 0 atom stereocenters. The van der Waals surface area contributed by atoms with E-state index in [1.807, 2.05) is 31.4 Å². The third-order valence-corrected chi connectivity index (χ3v) is 2.61. The van der Waals surface area contributed by atoms with Crippen molar-refractivity contribution in [2.75, 3.05) is 0 Å². The van der Waals surface area contributed by atoms with Gasteiger partial charge in [0.2, 0.25) is 0 Å². The van der Waals surface area contributed by atoms with E-state index in [0.29, 0.717) is 0 Å². The molecule has 1 N–H and O–H groups in total. The Bertz CT molecular complexity index is 741. The Hall–Kier alpha value is -2.43. The van der Waals surface area contributed by atoms with Crippen LogP contribution in [0.1, 0.15) is 0 Å². The first-order valence-corrected chi connectivity index (χ1v) is 5.20. The molecule has 0 amide bonds. The highest BCUT2D eigenvalue weighted by atomic mass is 16.1. The zero-order valence-electron chi connectivity index (χ0n) is 9.21. The third-order valence-electron chi connectivity index (χ3n) is 2.61. The number of aromatic nitrogens is 4. The van der Waals surface area contributed by atoms with Crippen molar-refractivity contribution in [1.29, 1.82) is 0 Å². The highest BCUT2D eigenvalue weighted by Crippen LogP contribution is 2.21. The summed E-state index contributed by atoms with van der Waals surface area (Å²) in [5.41, 5.74) is 3.38. The van der Waals surface area contributed by atoms with Gasteiger partial charge < -0.3 is 4.98 Å². The van der Waals surface area contributed by atoms with Gasteiger partial charge in [-0.1, -0.05) is 6.07 Å². The van der Waals surface area contributed by atoms with Crippen molar-refractivity contribution in [1.82, 2.24) is 19.7 Å². The largest absolute Gasteiger partial charge is 0.319 e. The second-order valence-corrected chi connectivity index (χ2v) is 3.88. The van der Waals surface area contributed by atoms with E-state index in [0.717, 1.165) is 22.2 Å². The van der Waals surface area contributed by atoms with Gasteiger partial charge in [0, 0.05) is 18.8 Å². The zero-order chi connectivity index (χ0) is 11.8. The van der Waals surface area contributed by atoms with Crippen LogP contribution in [-0.4, -0.2) is 19.7 Å². The molecule has 0 saturated carbocycles. The minimum atomic E-state index is -0.188. The van der Waals surface area contributed by atoms with Gasteiger partial charge in [-0.25, -0.2) is 4.98 Å². The minimum absolute atomic E-state index is 0.188. The lowest BCUT2D eigenvalue weighted by atomic mass is 10.1. The second kappa shape index (κ2) is 3.55. The molecule has 0 aliphatic rings. The predicted octanol–water partition coefficient (Wildman–Crippen LogP) is 1.32. The fourth-order valence-electron chi connectivity index (χ4n) is 1.79. The average molecular weight is 226 g/mol. The summed E-state index contributed by atoms with van der Waals surface area (Å²) >= 11 is 0. The van der Waals surface area contributed by atoms with Crippen LogP contribution in [0.3, 0.4) is 0 Å². The van der Waals surface area contributed by atoms with E-state index in [1.54, 1.807) is 10.9 Å². The van der Waals surface area contributed by atoms with E-state index < -0.39 is 0 Å². The maximum Gasteiger partial charge on any atom is 0.266 e. The Morgan fingerprint density at radius 1 is 1.24 bits per heavy atom. The van der Waals surface area contributed by atoms with Crippen LogP contribution in [0.25, 0.3) is 22.2 Å². The van der Waals surface area contributed by atoms with Crippen molar-refractivity contribution in [2.24, 2.45) is 7.05 Å². The number of H-pyrrole nitrogens is 1. The first-order valence-electron chi connectivity index (χ1n) is 5.20. The number of aryl methyl sites for hydroxylation is 1. The van der Waals surface area contributed by atoms with Crippen molar-refractivity contribution < 1.29 is 0 Å². The molecule has 17 heavy (non-hydrogen) atoms. The Kier molecular flexibility index (Phi) is 2.04. The Morgan fingerprint density at radius 3 is 2.88 bits per heavy atom. The molecule has 5 heteroatoms. The molecule has 0 radical (unpaired) electrons. The lowest BCUT2D eigenvalue weighted by Gasteiger charge is -2.00. The maximum atomic E-state index is 11.1. The van der Waals surface area contributed by atoms with Gasteiger partial charge in [-0.05, 0) is 17.7 Å². The molecule has 5 nitrogen and oxygen atoms in total. The first-order chi connectivity index (χ1) is 8.22. The highest BCUT2D eigenvalue weighted by molar-refractivity contribution is 5.80. The molecule has 0 unspecified atom stereocenters. The second-order valence-electron chi connectivity index (χ2n) is 3.88. The van der Waals surface area contributed by atoms with Gasteiger partial charge >= 0.3 is 0 Å². The standard InChI is InChI=1S/C12H10N4O/c1-16-7-9(5-14-16)8-2-3-10-11(4-8)13-6-12(17)15-10/h2-7H,1H3,(H,15,17). The molecule has 3 rings (SSSR count). The molecule has 2 aromatic heterocycles. The molecule has 0 spiro atoms. The molecule has 0 aliphatic heterocycles. The summed E-state index contributed by atoms with van der Waals surface area (Å²) in [5.74, 6) is 0. The molecule has 0 fully saturated rings. The average Bonchev–Trinajstić information content (AvgIpc) is 2.75. The van der Waals surface area contributed by atoms with Gasteiger partial charge in [0.1, 0.15) is 0 Å². The lowest BCUT2D eigenvalue weighted by molar-refractivity contribution is 0.768. The van der Waals surface area contributed by atoms with Crippen LogP contribution in [0.2, 0.25) is 0 Å². The number of hydrogen-bond donors (Lipinski definition) is 1. The number of nitrogens with one attached hydrogen (secondary N) is 1. The van der Waals surface area contributed by atoms with Crippen LogP contribution in [0, 0.1) is 0 Å². The normalized spacial score (nSPS) is 10.9. The van der Waals surface area contributed by atoms with Crippen molar-refractivity contribution >= 4 is 11.0 Å². The minimum Gasteiger partial charge on any atom is -0.319 e. The van der Waals surface area contributed by atoms with Crippen LogP contribution < -0.4 is 5.56 Å². The van der Waals surface area contributed by atoms with Gasteiger partial charge in [0.05, 0.1) is 23.4 Å². The summed E-state index contributed by atoms with van der Waals surface area (Å²) in [6.07, 6.45) is 5.02. The Labute approximate surface area is 96.7 Å². The SMILES string of the molecule is Cn1cc(-c2ccc3[nH]c(=O)cnc3c2)cn1. The highest BCUT2D eigenvalue weighted by Gasteiger charge is 2.02. The summed E-state index contributed by atoms with van der Waals surface area (Å²) in [7, 11) is 1.88. The molecular formula is C12H10N4O. The number of aromatic amines is 1. The predicted molar refractivity (Wildman–Crippen MR) is 64.6 cm³/mol. The number of benzene rings is 1. The number of nitrogens with zero attached hydrogens (tertiary/aromatic N) is 3. The quantitative estimate of drug-likeness (QED) is 0.680. The van der Waals surface area contributed by atoms with Gasteiger partial charge in [-0.3, -0.25) is 9.48 Å². The van der Waals surface area contributed by atoms with Crippen LogP contribution in [0.15, 0.2) is 41.6 Å². The van der Waals surface area contributed by atoms with E-state index in [1.165, 1.54) is 6.20 Å². The summed E-state index contributed by atoms with van der Waals surface area (Å²) in [6.45, 7) is 0. The molecule has 0 aliphatic carbocycles. The lowest BCUT2D eigenvalue weighted by Crippen LogP contribution is -2.04. The van der Waals surface area contributed by atoms with Crippen LogP contribution in [-0.2, 0) is 7.05 Å². The van der Waals surface area contributed by atoms with Gasteiger partial charge in [0.15, 0.2) is 0 Å². The van der Waals surface area contributed by atoms with Crippen molar-refractivity contribution in [3.05, 3.63) is 47.1 Å². The van der Waals surface area contributed by atoms with Crippen LogP contribution >= 0.6 is 0 Å². The fraction of sp³-hybridized carbons (Fsp3) is 0.0833. The maximum absolute atomic E-state index is 11.1. The van der Waals surface area contributed by atoms with Gasteiger partial charge in [-0.2, -0.15) is 5.10 Å². The van der Waals surface area contributed by atoms with E-state index in [-0.39, 0.29) is 5.56 Å². The van der Waals surface area contributed by atoms with Crippen molar-refractivity contribution in [3.8, 4) is 11.1 Å². The monoisotopic (exact) mass is 226 g/mol. The first kappa shape index (κ1) is 9.77. The molecular weight excluding hydrogens is 216 g/mol. The van der Waals surface area contributed by atoms with Gasteiger partial charge in [0.25, 0.3) is 5.56 Å². The third kappa shape index (κ3) is 1.71. The topological polar surface area (TPSA) is 63.6 Å². The summed E-state index contributed by atoms with van der Waals surface area (Å²) < 4.78 is 1.75. The zero-order valence-corrected chi connectivity index (χ0v) is 9.21. The van der Waals surface area contributed by atoms with Crippen molar-refractivity contribution in [2.45, 2.75) is 0 Å². The smallest absolute Gasteiger partial charge is 0.266 e. The fourth-order valence-corrected chi connectivity index (χ4v) is 1.79. The molecule has 0 saturated heterocycles.